The van der Waals surface area contributed by atoms with Crippen LogP contribution in [-0.2, 0) is 4.79 Å². The molecule has 0 aromatic carbocycles. The highest BCUT2D eigenvalue weighted by atomic mass is 16.1. The molecule has 1 N–H and O–H groups in total. The zero-order valence-electron chi connectivity index (χ0n) is 4.85. The molecule has 2 heteroatoms. The van der Waals surface area contributed by atoms with Crippen LogP contribution in [0.1, 0.15) is 6.92 Å². The fourth-order valence-electron chi connectivity index (χ4n) is 0.234. The summed E-state index contributed by atoms with van der Waals surface area (Å²) in [6.45, 7) is 4.87. The number of allylic oxidation sites excluding steroid dienone is 1. The minimum absolute atomic E-state index is 0.0272. The molecule has 0 radical (unpaired) electrons. The Labute approximate surface area is 48.9 Å². The third-order valence-electron chi connectivity index (χ3n) is 0.532. The van der Waals surface area contributed by atoms with E-state index in [9.17, 15) is 4.79 Å². The first-order valence-electron chi connectivity index (χ1n) is 2.31. The summed E-state index contributed by atoms with van der Waals surface area (Å²) in [6.07, 6.45) is 4.47. The van der Waals surface area contributed by atoms with Crippen molar-refractivity contribution in [3.63, 3.8) is 0 Å². The Hall–Kier alpha value is -1.05. The van der Waals surface area contributed by atoms with E-state index in [1.54, 1.807) is 0 Å². The van der Waals surface area contributed by atoms with Crippen molar-refractivity contribution in [2.45, 2.75) is 6.92 Å². The fraction of sp³-hybridized carbons (Fsp3) is 0.167. The van der Waals surface area contributed by atoms with Gasteiger partial charge in [-0.25, -0.2) is 0 Å². The molecule has 0 unspecified atom stereocenters. The Morgan fingerprint density at radius 1 is 1.75 bits per heavy atom. The first-order chi connectivity index (χ1) is 3.77. The van der Waals surface area contributed by atoms with Crippen LogP contribution in [0, 0.1) is 0 Å². The second-order valence-corrected chi connectivity index (χ2v) is 1.31. The van der Waals surface area contributed by atoms with E-state index in [1.807, 2.05) is 0 Å². The number of hydrogen-bond donors (Lipinski definition) is 1. The quantitative estimate of drug-likeness (QED) is 0.546. The van der Waals surface area contributed by atoms with Gasteiger partial charge in [0.25, 0.3) is 0 Å². The molecule has 0 aromatic rings. The Morgan fingerprint density at radius 2 is 2.38 bits per heavy atom. The molecule has 0 aliphatic carbocycles. The first kappa shape index (κ1) is 6.95. The second kappa shape index (κ2) is 4.12. The molecule has 0 amide bonds. The number of carbonyl (C=O) groups excluding carboxylic acids is 1. The highest BCUT2D eigenvalue weighted by molar-refractivity contribution is 5.87. The lowest BCUT2D eigenvalue weighted by Gasteiger charge is -1.82. The summed E-state index contributed by atoms with van der Waals surface area (Å²) in [7, 11) is 0. The molecule has 0 bridgehead atoms. The lowest BCUT2D eigenvalue weighted by Crippen LogP contribution is -1.91. The van der Waals surface area contributed by atoms with Crippen LogP contribution in [-0.4, -0.2) is 5.78 Å². The number of ketones is 1. The van der Waals surface area contributed by atoms with Crippen molar-refractivity contribution in [2.24, 2.45) is 0 Å². The molecule has 0 aromatic heterocycles. The number of rotatable bonds is 3. The first-order valence-corrected chi connectivity index (χ1v) is 2.31. The van der Waals surface area contributed by atoms with Crippen LogP contribution in [0.15, 0.2) is 25.1 Å². The Kier molecular flexibility index (Phi) is 3.58. The summed E-state index contributed by atoms with van der Waals surface area (Å²) in [6, 6.07) is 0. The van der Waals surface area contributed by atoms with Gasteiger partial charge >= 0.3 is 0 Å². The minimum atomic E-state index is 0.0272. The van der Waals surface area contributed by atoms with Crippen LogP contribution >= 0.6 is 0 Å². The molecule has 0 heterocycles. The second-order valence-electron chi connectivity index (χ2n) is 1.31. The van der Waals surface area contributed by atoms with Crippen LogP contribution in [0.25, 0.3) is 0 Å². The molecular weight excluding hydrogens is 102 g/mol. The maximum absolute atomic E-state index is 10.2. The standard InChI is InChI=1S/C6H9NO/c1-3-7-5-4-6(2)8/h3-5,7H,1H2,2H3. The van der Waals surface area contributed by atoms with Crippen LogP contribution in [0.2, 0.25) is 0 Å². The maximum atomic E-state index is 10.2. The van der Waals surface area contributed by atoms with Gasteiger partial charge in [0.15, 0.2) is 5.78 Å². The van der Waals surface area contributed by atoms with Gasteiger partial charge in [0.05, 0.1) is 0 Å². The Morgan fingerprint density at radius 3 is 2.75 bits per heavy atom. The monoisotopic (exact) mass is 111 g/mol. The van der Waals surface area contributed by atoms with Gasteiger partial charge in [-0.2, -0.15) is 0 Å². The lowest BCUT2D eigenvalue weighted by molar-refractivity contribution is -0.112. The van der Waals surface area contributed by atoms with Crippen LogP contribution in [0.4, 0.5) is 0 Å². The summed E-state index contributed by atoms with van der Waals surface area (Å²) in [4.78, 5) is 10.2. The van der Waals surface area contributed by atoms with E-state index in [4.69, 9.17) is 0 Å². The zero-order chi connectivity index (χ0) is 6.41. The molecule has 0 fully saturated rings. The summed E-state index contributed by atoms with van der Waals surface area (Å²) < 4.78 is 0. The maximum Gasteiger partial charge on any atom is 0.154 e. The average molecular weight is 111 g/mol. The van der Waals surface area contributed by atoms with Gasteiger partial charge < -0.3 is 5.32 Å². The number of carbonyl (C=O) groups is 1. The summed E-state index contributed by atoms with van der Waals surface area (Å²) >= 11 is 0. The molecule has 0 aliphatic heterocycles. The molecular formula is C6H9NO. The van der Waals surface area contributed by atoms with Gasteiger partial charge in [0, 0.05) is 6.20 Å². The Balaban J connectivity index is 3.34. The van der Waals surface area contributed by atoms with Gasteiger partial charge in [-0.1, -0.05) is 6.58 Å². The fourth-order valence-corrected chi connectivity index (χ4v) is 0.234. The van der Waals surface area contributed by atoms with Gasteiger partial charge in [0.1, 0.15) is 0 Å². The van der Waals surface area contributed by atoms with Crippen molar-refractivity contribution in [3.05, 3.63) is 25.1 Å². The molecule has 0 atom stereocenters. The minimum Gasteiger partial charge on any atom is -0.368 e. The highest BCUT2D eigenvalue weighted by Crippen LogP contribution is 1.69. The van der Waals surface area contributed by atoms with Gasteiger partial charge in [-0.3, -0.25) is 4.79 Å². The lowest BCUT2D eigenvalue weighted by atomic mass is 10.4. The third-order valence-corrected chi connectivity index (χ3v) is 0.532. The molecule has 44 valence electrons. The third kappa shape index (κ3) is 4.95. The van der Waals surface area contributed by atoms with E-state index in [0.29, 0.717) is 0 Å². The van der Waals surface area contributed by atoms with Gasteiger partial charge in [-0.15, -0.1) is 0 Å². The Bertz CT molecular complexity index is 116. The molecule has 0 spiro atoms. The van der Waals surface area contributed by atoms with E-state index < -0.39 is 0 Å². The van der Waals surface area contributed by atoms with Crippen molar-refractivity contribution < 1.29 is 4.79 Å². The van der Waals surface area contributed by atoms with Crippen molar-refractivity contribution in [2.75, 3.05) is 0 Å². The summed E-state index contributed by atoms with van der Waals surface area (Å²) in [5.41, 5.74) is 0. The van der Waals surface area contributed by atoms with E-state index >= 15 is 0 Å². The van der Waals surface area contributed by atoms with Crippen molar-refractivity contribution in [1.29, 1.82) is 0 Å². The van der Waals surface area contributed by atoms with Crippen molar-refractivity contribution in [3.8, 4) is 0 Å². The zero-order valence-corrected chi connectivity index (χ0v) is 4.85. The predicted molar refractivity (Wildman–Crippen MR) is 33.2 cm³/mol. The predicted octanol–water partition coefficient (Wildman–Crippen LogP) is 0.822. The molecule has 0 saturated carbocycles. The van der Waals surface area contributed by atoms with E-state index in [0.717, 1.165) is 0 Å². The van der Waals surface area contributed by atoms with Crippen LogP contribution < -0.4 is 5.32 Å². The van der Waals surface area contributed by atoms with Crippen molar-refractivity contribution in [1.82, 2.24) is 5.32 Å². The van der Waals surface area contributed by atoms with Crippen LogP contribution in [0.5, 0.6) is 0 Å². The van der Waals surface area contributed by atoms with E-state index in [2.05, 4.69) is 11.9 Å². The molecule has 8 heavy (non-hydrogen) atoms. The number of nitrogens with one attached hydrogen (secondary N) is 1. The highest BCUT2D eigenvalue weighted by Gasteiger charge is 1.75. The van der Waals surface area contributed by atoms with Crippen molar-refractivity contribution >= 4 is 5.78 Å². The van der Waals surface area contributed by atoms with Gasteiger partial charge in [-0.05, 0) is 19.2 Å². The van der Waals surface area contributed by atoms with E-state index in [-0.39, 0.29) is 5.78 Å². The molecule has 0 saturated heterocycles. The SMILES string of the molecule is C=CNC=CC(C)=O. The molecule has 0 rings (SSSR count). The molecule has 0 aliphatic rings. The summed E-state index contributed by atoms with van der Waals surface area (Å²) in [5, 5.41) is 2.64. The largest absolute Gasteiger partial charge is 0.368 e. The summed E-state index contributed by atoms with van der Waals surface area (Å²) in [5.74, 6) is 0.0272. The molecule has 2 nitrogen and oxygen atoms in total. The smallest absolute Gasteiger partial charge is 0.154 e. The van der Waals surface area contributed by atoms with E-state index in [1.165, 1.54) is 25.4 Å². The topological polar surface area (TPSA) is 29.1 Å². The average Bonchev–Trinajstić information content (AvgIpc) is 1.66. The number of hydrogen-bond acceptors (Lipinski definition) is 2. The normalized spacial score (nSPS) is 9.12. The van der Waals surface area contributed by atoms with Gasteiger partial charge in [0.2, 0.25) is 0 Å². The van der Waals surface area contributed by atoms with Crippen LogP contribution in [0.3, 0.4) is 0 Å².